The summed E-state index contributed by atoms with van der Waals surface area (Å²) in [6, 6.07) is 4.15. The van der Waals surface area contributed by atoms with Gasteiger partial charge in [0.2, 0.25) is 0 Å². The quantitative estimate of drug-likeness (QED) is 0.525. The molecule has 1 rings (SSSR count). The Morgan fingerprint density at radius 2 is 2.05 bits per heavy atom. The minimum Gasteiger partial charge on any atom is -0.314 e. The number of halogens is 2. The number of hydrogen-bond acceptors (Lipinski definition) is 2. The van der Waals surface area contributed by atoms with Crippen LogP contribution >= 0.6 is 11.8 Å². The average Bonchev–Trinajstić information content (AvgIpc) is 2.41. The fourth-order valence-corrected chi connectivity index (χ4v) is 2.83. The second kappa shape index (κ2) is 9.32. The van der Waals surface area contributed by atoms with Gasteiger partial charge in [0.25, 0.3) is 0 Å². The van der Waals surface area contributed by atoms with Crippen molar-refractivity contribution in [1.29, 1.82) is 0 Å². The molecule has 0 fully saturated rings. The molecular weight excluding hydrogens is 264 g/mol. The van der Waals surface area contributed by atoms with Crippen LogP contribution in [0.4, 0.5) is 8.78 Å². The van der Waals surface area contributed by atoms with Crippen molar-refractivity contribution >= 4 is 11.8 Å². The maximum atomic E-state index is 13.4. The highest BCUT2D eigenvalue weighted by molar-refractivity contribution is 7.99. The predicted octanol–water partition coefficient (Wildman–Crippen LogP) is 4.62. The van der Waals surface area contributed by atoms with E-state index in [0.717, 1.165) is 44.0 Å². The molecule has 0 saturated heterocycles. The molecular formula is C15H23F2NS. The molecule has 0 heterocycles. The van der Waals surface area contributed by atoms with Gasteiger partial charge in [0.05, 0.1) is 0 Å². The Hall–Kier alpha value is -0.610. The van der Waals surface area contributed by atoms with Crippen molar-refractivity contribution in [2.45, 2.75) is 50.5 Å². The summed E-state index contributed by atoms with van der Waals surface area (Å²) in [5.74, 6) is 0.118. The van der Waals surface area contributed by atoms with Crippen molar-refractivity contribution in [2.75, 3.05) is 12.3 Å². The fourth-order valence-electron chi connectivity index (χ4n) is 1.90. The topological polar surface area (TPSA) is 12.0 Å². The van der Waals surface area contributed by atoms with Gasteiger partial charge < -0.3 is 5.32 Å². The minimum absolute atomic E-state index is 0.331. The van der Waals surface area contributed by atoms with Crippen LogP contribution in [0.2, 0.25) is 0 Å². The van der Waals surface area contributed by atoms with Crippen molar-refractivity contribution < 1.29 is 8.78 Å². The maximum absolute atomic E-state index is 13.4. The number of thioether (sulfide) groups is 1. The Balaban J connectivity index is 2.27. The Labute approximate surface area is 119 Å². The molecule has 108 valence electrons. The summed E-state index contributed by atoms with van der Waals surface area (Å²) in [5, 5.41) is 3.49. The molecule has 4 heteroatoms. The standard InChI is InChI=1S/C15H23F2NS/c1-3-9-18-13(4-2)6-5-10-19-15-11-12(16)7-8-14(15)17/h7-8,11,13,18H,3-6,9-10H2,1-2H3. The first-order valence-electron chi connectivity index (χ1n) is 6.98. The summed E-state index contributed by atoms with van der Waals surface area (Å²) >= 11 is 1.39. The van der Waals surface area contributed by atoms with Crippen LogP contribution in [0.3, 0.4) is 0 Å². The first-order chi connectivity index (χ1) is 9.17. The molecule has 1 atom stereocenters. The van der Waals surface area contributed by atoms with Crippen molar-refractivity contribution in [3.63, 3.8) is 0 Å². The number of benzene rings is 1. The first kappa shape index (κ1) is 16.4. The molecule has 0 bridgehead atoms. The minimum atomic E-state index is -0.375. The van der Waals surface area contributed by atoms with Crippen molar-refractivity contribution in [3.8, 4) is 0 Å². The highest BCUT2D eigenvalue weighted by Gasteiger charge is 2.07. The van der Waals surface area contributed by atoms with Crippen LogP contribution in [0.5, 0.6) is 0 Å². The van der Waals surface area contributed by atoms with Crippen LogP contribution in [0.1, 0.15) is 39.5 Å². The second-order valence-corrected chi connectivity index (χ2v) is 5.76. The zero-order valence-electron chi connectivity index (χ0n) is 11.7. The van der Waals surface area contributed by atoms with E-state index >= 15 is 0 Å². The molecule has 1 N–H and O–H groups in total. The van der Waals surface area contributed by atoms with Gasteiger partial charge in [-0.1, -0.05) is 13.8 Å². The SMILES string of the molecule is CCCNC(CC)CCCSc1cc(F)ccc1F. The lowest BCUT2D eigenvalue weighted by Gasteiger charge is -2.16. The van der Waals surface area contributed by atoms with Crippen LogP contribution in [0.25, 0.3) is 0 Å². The van der Waals surface area contributed by atoms with Crippen molar-refractivity contribution in [3.05, 3.63) is 29.8 Å². The van der Waals surface area contributed by atoms with Gasteiger partial charge in [-0.15, -0.1) is 11.8 Å². The molecule has 0 spiro atoms. The van der Waals surface area contributed by atoms with E-state index in [1.54, 1.807) is 0 Å². The molecule has 1 aromatic carbocycles. The van der Waals surface area contributed by atoms with Crippen LogP contribution in [0.15, 0.2) is 23.1 Å². The van der Waals surface area contributed by atoms with Gasteiger partial charge in [-0.2, -0.15) is 0 Å². The lowest BCUT2D eigenvalue weighted by Crippen LogP contribution is -2.29. The van der Waals surface area contributed by atoms with E-state index in [1.807, 2.05) is 0 Å². The largest absolute Gasteiger partial charge is 0.314 e. The maximum Gasteiger partial charge on any atom is 0.136 e. The van der Waals surface area contributed by atoms with E-state index in [-0.39, 0.29) is 11.6 Å². The van der Waals surface area contributed by atoms with Gasteiger partial charge in [-0.25, -0.2) is 8.78 Å². The Morgan fingerprint density at radius 3 is 2.74 bits per heavy atom. The fraction of sp³-hybridized carbons (Fsp3) is 0.600. The number of nitrogens with one attached hydrogen (secondary N) is 1. The zero-order valence-corrected chi connectivity index (χ0v) is 12.5. The molecule has 1 aromatic rings. The molecule has 0 aliphatic heterocycles. The van der Waals surface area contributed by atoms with E-state index in [1.165, 1.54) is 23.9 Å². The van der Waals surface area contributed by atoms with Crippen LogP contribution < -0.4 is 5.32 Å². The molecule has 19 heavy (non-hydrogen) atoms. The van der Waals surface area contributed by atoms with Crippen LogP contribution in [0, 0.1) is 11.6 Å². The lowest BCUT2D eigenvalue weighted by atomic mass is 10.1. The van der Waals surface area contributed by atoms with Gasteiger partial charge in [0.15, 0.2) is 0 Å². The monoisotopic (exact) mass is 287 g/mol. The molecule has 1 nitrogen and oxygen atoms in total. The summed E-state index contributed by atoms with van der Waals surface area (Å²) in [7, 11) is 0. The molecule has 0 radical (unpaired) electrons. The number of hydrogen-bond donors (Lipinski definition) is 1. The summed E-state index contributed by atoms with van der Waals surface area (Å²) in [6.07, 6.45) is 4.34. The van der Waals surface area contributed by atoms with Crippen LogP contribution in [-0.2, 0) is 0 Å². The lowest BCUT2D eigenvalue weighted by molar-refractivity contribution is 0.465. The molecule has 1 unspecified atom stereocenters. The summed E-state index contributed by atoms with van der Waals surface area (Å²) in [4.78, 5) is 0.412. The third-order valence-electron chi connectivity index (χ3n) is 3.02. The highest BCUT2D eigenvalue weighted by Crippen LogP contribution is 2.24. The summed E-state index contributed by atoms with van der Waals surface area (Å²) < 4.78 is 26.4. The van der Waals surface area contributed by atoms with Gasteiger partial charge in [-0.05, 0) is 56.2 Å². The van der Waals surface area contributed by atoms with Gasteiger partial charge in [0, 0.05) is 10.9 Å². The van der Waals surface area contributed by atoms with Crippen molar-refractivity contribution in [1.82, 2.24) is 5.32 Å². The Bertz CT molecular complexity index is 371. The predicted molar refractivity (Wildman–Crippen MR) is 78.7 cm³/mol. The van der Waals surface area contributed by atoms with Crippen LogP contribution in [-0.4, -0.2) is 18.3 Å². The zero-order chi connectivity index (χ0) is 14.1. The van der Waals surface area contributed by atoms with E-state index in [2.05, 4.69) is 19.2 Å². The third-order valence-corrected chi connectivity index (χ3v) is 4.14. The second-order valence-electron chi connectivity index (χ2n) is 4.62. The molecule has 0 aliphatic rings. The van der Waals surface area contributed by atoms with E-state index in [4.69, 9.17) is 0 Å². The highest BCUT2D eigenvalue weighted by atomic mass is 32.2. The molecule has 0 saturated carbocycles. The van der Waals surface area contributed by atoms with E-state index in [0.29, 0.717) is 10.9 Å². The van der Waals surface area contributed by atoms with E-state index in [9.17, 15) is 8.78 Å². The normalized spacial score (nSPS) is 12.6. The Kier molecular flexibility index (Phi) is 8.07. The molecule has 0 amide bonds. The summed E-state index contributed by atoms with van der Waals surface area (Å²) in [6.45, 7) is 5.37. The smallest absolute Gasteiger partial charge is 0.136 e. The Morgan fingerprint density at radius 1 is 1.26 bits per heavy atom. The number of rotatable bonds is 9. The van der Waals surface area contributed by atoms with Gasteiger partial charge in [0.1, 0.15) is 11.6 Å². The first-order valence-corrected chi connectivity index (χ1v) is 7.97. The van der Waals surface area contributed by atoms with E-state index < -0.39 is 0 Å². The average molecular weight is 287 g/mol. The molecule has 0 aromatic heterocycles. The molecule has 0 aliphatic carbocycles. The summed E-state index contributed by atoms with van der Waals surface area (Å²) in [5.41, 5.74) is 0. The van der Waals surface area contributed by atoms with Crippen molar-refractivity contribution in [2.24, 2.45) is 0 Å². The van der Waals surface area contributed by atoms with Gasteiger partial charge in [-0.3, -0.25) is 0 Å². The third kappa shape index (κ3) is 6.39. The van der Waals surface area contributed by atoms with Gasteiger partial charge >= 0.3 is 0 Å².